The van der Waals surface area contributed by atoms with Crippen molar-refractivity contribution in [3.05, 3.63) is 78.4 Å². The average Bonchev–Trinajstić information content (AvgIpc) is 3.38. The number of hydrogen-bond acceptors (Lipinski definition) is 8. The van der Waals surface area contributed by atoms with Gasteiger partial charge >= 0.3 is 11.9 Å². The van der Waals surface area contributed by atoms with Gasteiger partial charge in [0.2, 0.25) is 5.91 Å². The van der Waals surface area contributed by atoms with Crippen molar-refractivity contribution < 1.29 is 38.1 Å². The van der Waals surface area contributed by atoms with Gasteiger partial charge in [-0.3, -0.25) is 14.4 Å². The monoisotopic (exact) mass is 560 g/mol. The van der Waals surface area contributed by atoms with Crippen LogP contribution in [0.5, 0.6) is 17.2 Å². The average molecular weight is 561 g/mol. The molecular formula is C31H32N2O8. The Bertz CT molecular complexity index is 1370. The van der Waals surface area contributed by atoms with E-state index in [0.29, 0.717) is 40.8 Å². The van der Waals surface area contributed by atoms with Crippen molar-refractivity contribution in [1.29, 1.82) is 0 Å². The normalized spacial score (nSPS) is 14.3. The molecule has 214 valence electrons. The van der Waals surface area contributed by atoms with Crippen LogP contribution in [0.1, 0.15) is 36.5 Å². The summed E-state index contributed by atoms with van der Waals surface area (Å²) in [7, 11) is 1.56. The Labute approximate surface area is 238 Å². The van der Waals surface area contributed by atoms with Gasteiger partial charge in [-0.05, 0) is 67.1 Å². The van der Waals surface area contributed by atoms with Crippen molar-refractivity contribution in [1.82, 2.24) is 0 Å². The van der Waals surface area contributed by atoms with Crippen molar-refractivity contribution in [2.45, 2.75) is 26.2 Å². The Morgan fingerprint density at radius 3 is 2.32 bits per heavy atom. The Morgan fingerprint density at radius 2 is 1.63 bits per heavy atom. The molecular weight excluding hydrogens is 528 g/mol. The molecule has 1 saturated heterocycles. The highest BCUT2D eigenvalue weighted by molar-refractivity contribution is 6.00. The highest BCUT2D eigenvalue weighted by atomic mass is 16.5. The number of carbonyl (C=O) groups is 4. The maximum Gasteiger partial charge on any atom is 0.338 e. The molecule has 10 heteroatoms. The molecule has 2 amide bonds. The van der Waals surface area contributed by atoms with Crippen LogP contribution in [-0.2, 0) is 23.9 Å². The summed E-state index contributed by atoms with van der Waals surface area (Å²) in [6.45, 7) is 2.00. The van der Waals surface area contributed by atoms with Crippen LogP contribution < -0.4 is 19.7 Å². The van der Waals surface area contributed by atoms with Gasteiger partial charge in [0.25, 0.3) is 5.91 Å². The fourth-order valence-electron chi connectivity index (χ4n) is 4.17. The second kappa shape index (κ2) is 14.0. The first-order valence-electron chi connectivity index (χ1n) is 13.3. The van der Waals surface area contributed by atoms with E-state index >= 15 is 0 Å². The van der Waals surface area contributed by atoms with Gasteiger partial charge in [0, 0.05) is 24.3 Å². The summed E-state index contributed by atoms with van der Waals surface area (Å²) in [5.41, 5.74) is 1.43. The molecule has 1 fully saturated rings. The number of nitrogens with one attached hydrogen (secondary N) is 1. The standard InChI is InChI=1S/C31H32N2O8/c1-3-4-17-39-30(36)21-9-11-23(12-10-21)32-28(34)20-40-31(37)22-18-29(35)33(19-22)24-13-15-25(16-14-24)41-27-8-6-5-7-26(27)38-2/h5-16,22H,3-4,17-20H2,1-2H3,(H,32,34)/t22-/m1/s1. The molecule has 0 radical (unpaired) electrons. The molecule has 4 rings (SSSR count). The lowest BCUT2D eigenvalue weighted by molar-refractivity contribution is -0.151. The molecule has 0 aliphatic carbocycles. The van der Waals surface area contributed by atoms with Gasteiger partial charge in [-0.15, -0.1) is 0 Å². The Balaban J connectivity index is 1.24. The molecule has 1 N–H and O–H groups in total. The summed E-state index contributed by atoms with van der Waals surface area (Å²) in [6, 6.07) is 20.4. The second-order valence-corrected chi connectivity index (χ2v) is 9.37. The number of benzene rings is 3. The molecule has 0 aromatic heterocycles. The lowest BCUT2D eigenvalue weighted by atomic mass is 10.1. The number of anilines is 2. The predicted molar refractivity (Wildman–Crippen MR) is 151 cm³/mol. The maximum absolute atomic E-state index is 12.6. The van der Waals surface area contributed by atoms with Gasteiger partial charge in [0.05, 0.1) is 25.2 Å². The number of carbonyl (C=O) groups excluding carboxylic acids is 4. The number of methoxy groups -OCH3 is 1. The van der Waals surface area contributed by atoms with Gasteiger partial charge in [0.1, 0.15) is 5.75 Å². The minimum Gasteiger partial charge on any atom is -0.493 e. The summed E-state index contributed by atoms with van der Waals surface area (Å²) in [6.07, 6.45) is 1.70. The number of hydrogen-bond donors (Lipinski definition) is 1. The quantitative estimate of drug-likeness (QED) is 0.243. The number of nitrogens with zero attached hydrogens (tertiary/aromatic N) is 1. The Morgan fingerprint density at radius 1 is 0.927 bits per heavy atom. The highest BCUT2D eigenvalue weighted by Crippen LogP contribution is 2.33. The van der Waals surface area contributed by atoms with Crippen molar-refractivity contribution in [3.8, 4) is 17.2 Å². The number of ether oxygens (including phenoxy) is 4. The molecule has 1 aliphatic rings. The van der Waals surface area contributed by atoms with Gasteiger partial charge in [0.15, 0.2) is 18.1 Å². The third-order valence-corrected chi connectivity index (χ3v) is 6.38. The van der Waals surface area contributed by atoms with Crippen LogP contribution in [0.4, 0.5) is 11.4 Å². The van der Waals surface area contributed by atoms with E-state index in [4.69, 9.17) is 18.9 Å². The van der Waals surface area contributed by atoms with Crippen molar-refractivity contribution in [2.75, 3.05) is 37.1 Å². The fraction of sp³-hybridized carbons (Fsp3) is 0.290. The highest BCUT2D eigenvalue weighted by Gasteiger charge is 2.36. The third-order valence-electron chi connectivity index (χ3n) is 6.38. The van der Waals surface area contributed by atoms with Crippen LogP contribution in [0.2, 0.25) is 0 Å². The van der Waals surface area contributed by atoms with Crippen molar-refractivity contribution in [2.24, 2.45) is 5.92 Å². The van der Waals surface area contributed by atoms with Gasteiger partial charge in [-0.25, -0.2) is 4.79 Å². The molecule has 0 bridgehead atoms. The molecule has 41 heavy (non-hydrogen) atoms. The first-order chi connectivity index (χ1) is 19.9. The fourth-order valence-corrected chi connectivity index (χ4v) is 4.17. The van der Waals surface area contributed by atoms with E-state index in [1.165, 1.54) is 4.90 Å². The first kappa shape index (κ1) is 29.1. The SMILES string of the molecule is CCCCOC(=O)c1ccc(NC(=O)COC(=O)[C@@H]2CC(=O)N(c3ccc(Oc4ccccc4OC)cc3)C2)cc1. The number of amides is 2. The number of esters is 2. The van der Waals surface area contributed by atoms with Crippen molar-refractivity contribution >= 4 is 35.1 Å². The van der Waals surface area contributed by atoms with E-state index in [-0.39, 0.29) is 18.9 Å². The molecule has 0 unspecified atom stereocenters. The zero-order valence-corrected chi connectivity index (χ0v) is 23.0. The van der Waals surface area contributed by atoms with E-state index in [1.54, 1.807) is 67.8 Å². The largest absolute Gasteiger partial charge is 0.493 e. The molecule has 10 nitrogen and oxygen atoms in total. The van der Waals surface area contributed by atoms with E-state index in [1.807, 2.05) is 19.1 Å². The van der Waals surface area contributed by atoms with Crippen LogP contribution in [-0.4, -0.2) is 50.6 Å². The molecule has 3 aromatic rings. The number of unbranched alkanes of at least 4 members (excludes halogenated alkanes) is 1. The van der Waals surface area contributed by atoms with Crippen molar-refractivity contribution in [3.63, 3.8) is 0 Å². The van der Waals surface area contributed by atoms with Crippen LogP contribution in [0.15, 0.2) is 72.8 Å². The summed E-state index contributed by atoms with van der Waals surface area (Å²) in [5, 5.41) is 2.61. The number of rotatable bonds is 12. The van der Waals surface area contributed by atoms with Crippen LogP contribution in [0.25, 0.3) is 0 Å². The van der Waals surface area contributed by atoms with E-state index in [9.17, 15) is 19.2 Å². The zero-order valence-electron chi connectivity index (χ0n) is 23.0. The lowest BCUT2D eigenvalue weighted by Gasteiger charge is -2.17. The summed E-state index contributed by atoms with van der Waals surface area (Å²) >= 11 is 0. The Hall–Kier alpha value is -4.86. The molecule has 3 aromatic carbocycles. The minimum atomic E-state index is -0.696. The Kier molecular flexibility index (Phi) is 9.93. The molecule has 0 saturated carbocycles. The smallest absolute Gasteiger partial charge is 0.338 e. The first-order valence-corrected chi connectivity index (χ1v) is 13.3. The van der Waals surface area contributed by atoms with Crippen LogP contribution in [0, 0.1) is 5.92 Å². The van der Waals surface area contributed by atoms with Gasteiger partial charge < -0.3 is 29.2 Å². The second-order valence-electron chi connectivity index (χ2n) is 9.37. The minimum absolute atomic E-state index is 0.0181. The molecule has 1 atom stereocenters. The topological polar surface area (TPSA) is 120 Å². The summed E-state index contributed by atoms with van der Waals surface area (Å²) in [4.78, 5) is 51.0. The summed E-state index contributed by atoms with van der Waals surface area (Å²) in [5.74, 6) is -0.789. The van der Waals surface area contributed by atoms with E-state index < -0.39 is 30.4 Å². The maximum atomic E-state index is 12.6. The van der Waals surface area contributed by atoms with Gasteiger partial charge in [-0.2, -0.15) is 0 Å². The van der Waals surface area contributed by atoms with E-state index in [2.05, 4.69) is 5.32 Å². The molecule has 0 spiro atoms. The van der Waals surface area contributed by atoms with Gasteiger partial charge in [-0.1, -0.05) is 25.5 Å². The van der Waals surface area contributed by atoms with Crippen LogP contribution in [0.3, 0.4) is 0 Å². The summed E-state index contributed by atoms with van der Waals surface area (Å²) < 4.78 is 21.5. The third kappa shape index (κ3) is 7.84. The predicted octanol–water partition coefficient (Wildman–Crippen LogP) is 4.98. The van der Waals surface area contributed by atoms with E-state index in [0.717, 1.165) is 12.8 Å². The zero-order chi connectivity index (χ0) is 29.2. The molecule has 1 aliphatic heterocycles. The lowest BCUT2D eigenvalue weighted by Crippen LogP contribution is -2.28. The number of para-hydroxylation sites is 2. The van der Waals surface area contributed by atoms with Crippen LogP contribution >= 0.6 is 0 Å². The molecule has 1 heterocycles.